The minimum absolute atomic E-state index is 0.0340. The number of hydrogen-bond donors (Lipinski definition) is 1. The van der Waals surface area contributed by atoms with E-state index in [0.29, 0.717) is 16.7 Å². The first-order valence-corrected chi connectivity index (χ1v) is 12.4. The summed E-state index contributed by atoms with van der Waals surface area (Å²) in [5, 5.41) is 0. The molecule has 30 heavy (non-hydrogen) atoms. The molecule has 162 valence electrons. The van der Waals surface area contributed by atoms with Crippen molar-refractivity contribution in [2.24, 2.45) is 0 Å². The molecule has 1 aliphatic heterocycles. The SMILES string of the molecule is CCOc1ccccc1NS(=O)(=O)c1cc(N2C(=O)CCS2(=O)=O)ccc1OCC. The standard InChI is InChI=1S/C19H22N2O7S2/c1-3-27-16-8-6-5-7-15(16)20-30(25,26)18-13-14(9-10-17(18)28-4-2)21-19(22)11-12-29(21,23)24/h5-10,13,20H,3-4,11-12H2,1-2H3. The van der Waals surface area contributed by atoms with E-state index in [4.69, 9.17) is 9.47 Å². The fraction of sp³-hybridized carbons (Fsp3) is 0.316. The average Bonchev–Trinajstić information content (AvgIpc) is 2.96. The Kier molecular flexibility index (Phi) is 6.22. The van der Waals surface area contributed by atoms with Gasteiger partial charge in [0.15, 0.2) is 0 Å². The third kappa shape index (κ3) is 4.36. The Morgan fingerprint density at radius 2 is 1.70 bits per heavy atom. The largest absolute Gasteiger partial charge is 0.492 e. The molecule has 0 atom stereocenters. The zero-order chi connectivity index (χ0) is 21.9. The van der Waals surface area contributed by atoms with Gasteiger partial charge in [-0.1, -0.05) is 12.1 Å². The topological polar surface area (TPSA) is 119 Å². The van der Waals surface area contributed by atoms with E-state index in [1.807, 2.05) is 0 Å². The zero-order valence-electron chi connectivity index (χ0n) is 16.5. The Hall–Kier alpha value is -2.79. The lowest BCUT2D eigenvalue weighted by Gasteiger charge is -2.19. The van der Waals surface area contributed by atoms with E-state index in [1.54, 1.807) is 38.1 Å². The summed E-state index contributed by atoms with van der Waals surface area (Å²) in [6, 6.07) is 10.3. The van der Waals surface area contributed by atoms with Crippen LogP contribution in [0.15, 0.2) is 47.4 Å². The number of carbonyl (C=O) groups excluding carboxylic acids is 1. The Morgan fingerprint density at radius 1 is 1.03 bits per heavy atom. The molecule has 1 aliphatic rings. The van der Waals surface area contributed by atoms with Crippen LogP contribution in [0.5, 0.6) is 11.5 Å². The number of sulfonamides is 2. The Balaban J connectivity index is 2.08. The van der Waals surface area contributed by atoms with Crippen LogP contribution in [0, 0.1) is 0 Å². The molecule has 0 aromatic heterocycles. The zero-order valence-corrected chi connectivity index (χ0v) is 18.1. The number of rotatable bonds is 8. The Labute approximate surface area is 175 Å². The lowest BCUT2D eigenvalue weighted by atomic mass is 10.3. The summed E-state index contributed by atoms with van der Waals surface area (Å²) in [5.41, 5.74) is 0.163. The summed E-state index contributed by atoms with van der Waals surface area (Å²) in [4.78, 5) is 11.8. The number of hydrogen-bond acceptors (Lipinski definition) is 7. The minimum atomic E-state index is -4.20. The maximum absolute atomic E-state index is 13.2. The van der Waals surface area contributed by atoms with E-state index in [2.05, 4.69) is 4.72 Å². The van der Waals surface area contributed by atoms with Crippen molar-refractivity contribution in [2.75, 3.05) is 28.0 Å². The van der Waals surface area contributed by atoms with Crippen LogP contribution >= 0.6 is 0 Å². The maximum Gasteiger partial charge on any atom is 0.265 e. The van der Waals surface area contributed by atoms with E-state index >= 15 is 0 Å². The molecular formula is C19H22N2O7S2. The number of carbonyl (C=O) groups is 1. The summed E-state index contributed by atoms with van der Waals surface area (Å²) < 4.78 is 64.8. The molecule has 1 fully saturated rings. The van der Waals surface area contributed by atoms with Gasteiger partial charge in [-0.25, -0.2) is 21.1 Å². The van der Waals surface area contributed by atoms with Crippen molar-refractivity contribution in [3.05, 3.63) is 42.5 Å². The van der Waals surface area contributed by atoms with Crippen LogP contribution in [0.2, 0.25) is 0 Å². The molecule has 2 aromatic carbocycles. The van der Waals surface area contributed by atoms with Crippen LogP contribution in [-0.2, 0) is 24.8 Å². The first kappa shape index (κ1) is 21.9. The molecule has 3 rings (SSSR count). The van der Waals surface area contributed by atoms with E-state index in [0.717, 1.165) is 6.07 Å². The number of nitrogens with zero attached hydrogens (tertiary/aromatic N) is 1. The van der Waals surface area contributed by atoms with Crippen molar-refractivity contribution < 1.29 is 31.1 Å². The fourth-order valence-corrected chi connectivity index (χ4v) is 5.70. The molecule has 1 heterocycles. The summed E-state index contributed by atoms with van der Waals surface area (Å²) >= 11 is 0. The highest BCUT2D eigenvalue weighted by Gasteiger charge is 2.37. The van der Waals surface area contributed by atoms with Crippen molar-refractivity contribution in [3.63, 3.8) is 0 Å². The summed E-state index contributed by atoms with van der Waals surface area (Å²) in [6.07, 6.45) is -0.155. The number of anilines is 2. The van der Waals surface area contributed by atoms with Gasteiger partial charge >= 0.3 is 0 Å². The molecule has 11 heteroatoms. The Bertz CT molecular complexity index is 1160. The van der Waals surface area contributed by atoms with Gasteiger partial charge in [0, 0.05) is 6.42 Å². The number of para-hydroxylation sites is 2. The van der Waals surface area contributed by atoms with Gasteiger partial charge < -0.3 is 9.47 Å². The number of amides is 1. The second kappa shape index (κ2) is 8.52. The van der Waals surface area contributed by atoms with Crippen molar-refractivity contribution in [1.82, 2.24) is 0 Å². The molecule has 0 unspecified atom stereocenters. The van der Waals surface area contributed by atoms with Crippen LogP contribution in [0.1, 0.15) is 20.3 Å². The molecule has 0 spiro atoms. The molecule has 0 saturated carbocycles. The highest BCUT2D eigenvalue weighted by Crippen LogP contribution is 2.35. The van der Waals surface area contributed by atoms with Gasteiger partial charge in [-0.05, 0) is 44.2 Å². The molecule has 9 nitrogen and oxygen atoms in total. The molecule has 0 bridgehead atoms. The highest BCUT2D eigenvalue weighted by atomic mass is 32.2. The predicted molar refractivity (Wildman–Crippen MR) is 112 cm³/mol. The van der Waals surface area contributed by atoms with E-state index in [9.17, 15) is 21.6 Å². The van der Waals surface area contributed by atoms with Gasteiger partial charge in [0.1, 0.15) is 16.4 Å². The smallest absolute Gasteiger partial charge is 0.265 e. The minimum Gasteiger partial charge on any atom is -0.492 e. The molecule has 1 N–H and O–H groups in total. The van der Waals surface area contributed by atoms with E-state index in [1.165, 1.54) is 12.1 Å². The summed E-state index contributed by atoms with van der Waals surface area (Å²) in [7, 11) is -8.04. The molecule has 2 aromatic rings. The summed E-state index contributed by atoms with van der Waals surface area (Å²) in [5.74, 6) is -0.556. The van der Waals surface area contributed by atoms with Gasteiger partial charge in [0.25, 0.3) is 10.0 Å². The van der Waals surface area contributed by atoms with Gasteiger partial charge in [0.05, 0.1) is 30.3 Å². The van der Waals surface area contributed by atoms with Crippen molar-refractivity contribution in [2.45, 2.75) is 25.2 Å². The van der Waals surface area contributed by atoms with Crippen LogP contribution in [-0.4, -0.2) is 41.7 Å². The number of benzene rings is 2. The first-order valence-electron chi connectivity index (χ1n) is 9.27. The molecule has 0 radical (unpaired) electrons. The van der Waals surface area contributed by atoms with E-state index in [-0.39, 0.29) is 40.8 Å². The quantitative estimate of drug-likeness (QED) is 0.650. The van der Waals surface area contributed by atoms with Crippen LogP contribution in [0.25, 0.3) is 0 Å². The van der Waals surface area contributed by atoms with Crippen molar-refractivity contribution in [1.29, 1.82) is 0 Å². The number of ether oxygens (including phenoxy) is 2. The number of nitrogens with one attached hydrogen (secondary N) is 1. The van der Waals surface area contributed by atoms with Crippen LogP contribution in [0.4, 0.5) is 11.4 Å². The fourth-order valence-electron chi connectivity index (χ4n) is 3.01. The lowest BCUT2D eigenvalue weighted by molar-refractivity contribution is -0.116. The molecule has 0 aliphatic carbocycles. The van der Waals surface area contributed by atoms with Gasteiger partial charge in [-0.15, -0.1) is 0 Å². The van der Waals surface area contributed by atoms with E-state index < -0.39 is 26.0 Å². The molecule has 1 saturated heterocycles. The monoisotopic (exact) mass is 454 g/mol. The van der Waals surface area contributed by atoms with Gasteiger partial charge in [-0.2, -0.15) is 0 Å². The predicted octanol–water partition coefficient (Wildman–Crippen LogP) is 2.35. The highest BCUT2D eigenvalue weighted by molar-refractivity contribution is 7.94. The second-order valence-corrected chi connectivity index (χ2v) is 9.91. The second-order valence-electron chi connectivity index (χ2n) is 6.32. The molecule has 1 amide bonds. The van der Waals surface area contributed by atoms with Crippen molar-refractivity contribution in [3.8, 4) is 11.5 Å². The van der Waals surface area contributed by atoms with Crippen molar-refractivity contribution >= 4 is 37.3 Å². The maximum atomic E-state index is 13.2. The van der Waals surface area contributed by atoms with Gasteiger partial charge in [-0.3, -0.25) is 9.52 Å². The first-order chi connectivity index (χ1) is 14.2. The van der Waals surface area contributed by atoms with Crippen LogP contribution < -0.4 is 18.5 Å². The molecular weight excluding hydrogens is 432 g/mol. The average molecular weight is 455 g/mol. The van der Waals surface area contributed by atoms with Crippen LogP contribution in [0.3, 0.4) is 0 Å². The van der Waals surface area contributed by atoms with Gasteiger partial charge in [0.2, 0.25) is 15.9 Å². The third-order valence-corrected chi connectivity index (χ3v) is 7.34. The normalized spacial score (nSPS) is 15.8. The lowest BCUT2D eigenvalue weighted by Crippen LogP contribution is -2.29. The third-order valence-electron chi connectivity index (χ3n) is 4.26. The Morgan fingerprint density at radius 3 is 2.33 bits per heavy atom. The summed E-state index contributed by atoms with van der Waals surface area (Å²) in [6.45, 7) is 4.00.